The van der Waals surface area contributed by atoms with Crippen molar-refractivity contribution in [2.75, 3.05) is 7.11 Å². The van der Waals surface area contributed by atoms with Crippen molar-refractivity contribution in [3.8, 4) is 0 Å². The molecule has 1 aromatic rings. The molecule has 0 heterocycles. The van der Waals surface area contributed by atoms with Gasteiger partial charge in [-0.3, -0.25) is 4.79 Å². The van der Waals surface area contributed by atoms with Gasteiger partial charge in [0.2, 0.25) is 10.0 Å². The molecule has 3 aliphatic carbocycles. The van der Waals surface area contributed by atoms with Gasteiger partial charge in [0, 0.05) is 16.7 Å². The van der Waals surface area contributed by atoms with Gasteiger partial charge in [0.25, 0.3) is 0 Å². The van der Waals surface area contributed by atoms with Crippen molar-refractivity contribution in [1.82, 2.24) is 4.72 Å². The molecule has 34 heavy (non-hydrogen) atoms. The Labute approximate surface area is 201 Å². The highest BCUT2D eigenvalue weighted by molar-refractivity contribution is 7.93. The number of benzene rings is 1. The van der Waals surface area contributed by atoms with Gasteiger partial charge in [-0.25, -0.2) is 8.42 Å². The third kappa shape index (κ3) is 4.46. The summed E-state index contributed by atoms with van der Waals surface area (Å²) in [6.07, 6.45) is 6.66. The van der Waals surface area contributed by atoms with Crippen LogP contribution in [-0.4, -0.2) is 27.5 Å². The van der Waals surface area contributed by atoms with Gasteiger partial charge in [-0.05, 0) is 72.6 Å². The molecule has 0 saturated carbocycles. The van der Waals surface area contributed by atoms with E-state index in [1.54, 1.807) is 6.08 Å². The quantitative estimate of drug-likeness (QED) is 0.449. The maximum Gasteiger partial charge on any atom is 0.324 e. The molecule has 0 aliphatic heterocycles. The van der Waals surface area contributed by atoms with Crippen molar-refractivity contribution in [3.63, 3.8) is 0 Å². The third-order valence-electron chi connectivity index (χ3n) is 6.41. The Hall–Kier alpha value is -3.14. The molecule has 0 aromatic heterocycles. The Bertz CT molecular complexity index is 1400. The second kappa shape index (κ2) is 9.25. The molecule has 0 amide bonds. The molecule has 5 nitrogen and oxygen atoms in total. The Morgan fingerprint density at radius 3 is 2.59 bits per heavy atom. The normalized spacial score (nSPS) is 17.9. The van der Waals surface area contributed by atoms with Gasteiger partial charge in [-0.1, -0.05) is 55.7 Å². The summed E-state index contributed by atoms with van der Waals surface area (Å²) in [7, 11) is -2.77. The fourth-order valence-corrected chi connectivity index (χ4v) is 6.07. The number of hydrogen-bond acceptors (Lipinski definition) is 4. The molecule has 1 unspecified atom stereocenters. The van der Waals surface area contributed by atoms with E-state index in [9.17, 15) is 13.2 Å². The Balaban J connectivity index is 1.70. The standard InChI is InChI=1S/C28H29NO4S/c1-17(2)21-11-10-18(3)27-24(15-21)19(4)14-26(27)34(31,32)29-25(28(30)33-5)16-22-13-12-20-8-6-7-9-23(20)22/h6-9,13-15,17,25,29H,12,16H2,1-5H3. The highest BCUT2D eigenvalue weighted by Crippen LogP contribution is 2.40. The summed E-state index contributed by atoms with van der Waals surface area (Å²) in [5.41, 5.74) is 13.4. The minimum Gasteiger partial charge on any atom is -0.468 e. The number of esters is 1. The molecular formula is C28H29NO4S. The lowest BCUT2D eigenvalue weighted by Crippen LogP contribution is -2.42. The third-order valence-corrected chi connectivity index (χ3v) is 7.90. The van der Waals surface area contributed by atoms with Crippen molar-refractivity contribution in [1.29, 1.82) is 0 Å². The van der Waals surface area contributed by atoms with Crippen LogP contribution in [0.2, 0.25) is 0 Å². The number of allylic oxidation sites excluding steroid dienone is 8. The molecule has 1 N–H and O–H groups in total. The molecule has 0 fully saturated rings. The fourth-order valence-electron chi connectivity index (χ4n) is 4.53. The van der Waals surface area contributed by atoms with Crippen LogP contribution in [0.15, 0.2) is 86.7 Å². The van der Waals surface area contributed by atoms with E-state index < -0.39 is 22.0 Å². The van der Waals surface area contributed by atoms with E-state index in [1.807, 2.05) is 50.3 Å². The van der Waals surface area contributed by atoms with E-state index in [4.69, 9.17) is 4.74 Å². The van der Waals surface area contributed by atoms with Gasteiger partial charge in [-0.2, -0.15) is 4.72 Å². The van der Waals surface area contributed by atoms with E-state index in [1.165, 1.54) is 7.11 Å². The lowest BCUT2D eigenvalue weighted by Gasteiger charge is -2.19. The molecule has 6 heteroatoms. The fraction of sp³-hybridized carbons (Fsp3) is 0.321. The van der Waals surface area contributed by atoms with Crippen LogP contribution in [0.5, 0.6) is 0 Å². The molecule has 0 spiro atoms. The largest absolute Gasteiger partial charge is 0.468 e. The topological polar surface area (TPSA) is 72.5 Å². The van der Waals surface area contributed by atoms with Gasteiger partial charge in [-0.15, -0.1) is 0 Å². The second-order valence-electron chi connectivity index (χ2n) is 9.10. The molecule has 0 saturated heterocycles. The number of carbonyl (C=O) groups excluding carboxylic acids is 1. The summed E-state index contributed by atoms with van der Waals surface area (Å²) in [4.78, 5) is 12.8. The highest BCUT2D eigenvalue weighted by atomic mass is 32.2. The first-order valence-corrected chi connectivity index (χ1v) is 12.9. The van der Waals surface area contributed by atoms with Crippen molar-refractivity contribution in [2.45, 2.75) is 46.6 Å². The lowest BCUT2D eigenvalue weighted by molar-refractivity contribution is -0.142. The second-order valence-corrected chi connectivity index (χ2v) is 10.8. The Morgan fingerprint density at radius 2 is 1.88 bits per heavy atom. The maximum absolute atomic E-state index is 13.6. The number of nitrogens with one attached hydrogen (secondary N) is 1. The van der Waals surface area contributed by atoms with E-state index in [2.05, 4.69) is 30.0 Å². The maximum atomic E-state index is 13.6. The molecule has 0 bridgehead atoms. The van der Waals surface area contributed by atoms with Crippen molar-refractivity contribution in [3.05, 3.63) is 97.9 Å². The zero-order valence-corrected chi connectivity index (χ0v) is 21.0. The van der Waals surface area contributed by atoms with Gasteiger partial charge in [0.05, 0.1) is 12.0 Å². The summed E-state index contributed by atoms with van der Waals surface area (Å²) in [5.74, 6) is -0.393. The summed E-state index contributed by atoms with van der Waals surface area (Å²) >= 11 is 0. The lowest BCUT2D eigenvalue weighted by atomic mass is 9.95. The summed E-state index contributed by atoms with van der Waals surface area (Å²) in [6, 6.07) is 6.90. The predicted octanol–water partition coefficient (Wildman–Crippen LogP) is 4.91. The van der Waals surface area contributed by atoms with Gasteiger partial charge in [0.15, 0.2) is 0 Å². The highest BCUT2D eigenvalue weighted by Gasteiger charge is 2.34. The number of carbonyl (C=O) groups is 1. The number of fused-ring (bicyclic) bond motifs is 2. The first-order valence-electron chi connectivity index (χ1n) is 11.4. The van der Waals surface area contributed by atoms with E-state index in [0.717, 1.165) is 39.8 Å². The Morgan fingerprint density at radius 1 is 1.15 bits per heavy atom. The molecular weight excluding hydrogens is 446 g/mol. The number of sulfonamides is 1. The summed E-state index contributed by atoms with van der Waals surface area (Å²) in [5, 5.41) is 0. The van der Waals surface area contributed by atoms with E-state index in [-0.39, 0.29) is 17.2 Å². The molecule has 1 aromatic carbocycles. The smallest absolute Gasteiger partial charge is 0.324 e. The van der Waals surface area contributed by atoms with Crippen LogP contribution in [0, 0.1) is 5.92 Å². The molecule has 0 radical (unpaired) electrons. The van der Waals surface area contributed by atoms with Crippen molar-refractivity contribution in [2.24, 2.45) is 5.92 Å². The molecule has 3 aliphatic rings. The van der Waals surface area contributed by atoms with Crippen LogP contribution in [0.1, 0.15) is 45.2 Å². The number of hydrogen-bond donors (Lipinski definition) is 1. The summed E-state index contributed by atoms with van der Waals surface area (Å²) in [6.45, 7) is 7.85. The Kier molecular flexibility index (Phi) is 6.53. The van der Waals surface area contributed by atoms with Crippen molar-refractivity contribution >= 4 is 21.6 Å². The zero-order chi connectivity index (χ0) is 24.6. The minimum atomic E-state index is -4.04. The number of ether oxygens (including phenoxy) is 1. The molecule has 1 atom stereocenters. The average molecular weight is 476 g/mol. The zero-order valence-electron chi connectivity index (χ0n) is 20.2. The van der Waals surface area contributed by atoms with Gasteiger partial charge < -0.3 is 4.74 Å². The van der Waals surface area contributed by atoms with E-state index >= 15 is 0 Å². The van der Waals surface area contributed by atoms with Crippen LogP contribution in [0.3, 0.4) is 0 Å². The average Bonchev–Trinajstić information content (AvgIpc) is 3.30. The first-order chi connectivity index (χ1) is 16.1. The van der Waals surface area contributed by atoms with Crippen LogP contribution in [0.25, 0.3) is 5.57 Å². The number of methoxy groups -OCH3 is 1. The number of rotatable bonds is 7. The monoisotopic (exact) mass is 475 g/mol. The van der Waals surface area contributed by atoms with E-state index in [0.29, 0.717) is 11.1 Å². The van der Waals surface area contributed by atoms with Crippen LogP contribution in [-0.2, 0) is 26.0 Å². The molecule has 4 rings (SSSR count). The first kappa shape index (κ1) is 24.0. The SMILES string of the molecule is COC(=O)C(CC1=CCc2ccccc21)NS(=O)(=O)C1=C2C(C)=C=C=C(C(C)C)C=C2C(C)=C1. The molecule has 176 valence electrons. The predicted molar refractivity (Wildman–Crippen MR) is 134 cm³/mol. The summed E-state index contributed by atoms with van der Waals surface area (Å²) < 4.78 is 34.8. The van der Waals surface area contributed by atoms with Crippen LogP contribution < -0.4 is 4.72 Å². The van der Waals surface area contributed by atoms with Gasteiger partial charge in [0.1, 0.15) is 6.04 Å². The van der Waals surface area contributed by atoms with Gasteiger partial charge >= 0.3 is 5.97 Å². The van der Waals surface area contributed by atoms with Crippen molar-refractivity contribution < 1.29 is 17.9 Å². The minimum absolute atomic E-state index is 0.141. The van der Waals surface area contributed by atoms with Crippen LogP contribution >= 0.6 is 0 Å². The van der Waals surface area contributed by atoms with Crippen LogP contribution in [0.4, 0.5) is 0 Å².